The molecule has 0 fully saturated rings. The molecule has 2 aromatic carbocycles. The summed E-state index contributed by atoms with van der Waals surface area (Å²) < 4.78 is 15.9. The molecule has 2 aromatic heterocycles. The van der Waals surface area contributed by atoms with Crippen LogP contribution in [0.5, 0.6) is 0 Å². The molecule has 4 nitrogen and oxygen atoms in total. The van der Waals surface area contributed by atoms with Gasteiger partial charge in [-0.25, -0.2) is 19.3 Å². The Balaban J connectivity index is 1.79. The van der Waals surface area contributed by atoms with Gasteiger partial charge in [0.2, 0.25) is 0 Å². The number of fused-ring (bicyclic) bond motifs is 1. The fourth-order valence-electron chi connectivity index (χ4n) is 2.52. The van der Waals surface area contributed by atoms with Gasteiger partial charge in [-0.2, -0.15) is 0 Å². The van der Waals surface area contributed by atoms with Gasteiger partial charge in [0.1, 0.15) is 11.3 Å². The zero-order chi connectivity index (χ0) is 15.6. The number of nitrogens with zero attached hydrogens (tertiary/aromatic N) is 4. The Hall–Kier alpha value is -3.08. The van der Waals surface area contributed by atoms with Crippen molar-refractivity contribution in [3.05, 3.63) is 78.5 Å². The molecular weight excluding hydrogens is 291 g/mol. The van der Waals surface area contributed by atoms with Crippen LogP contribution in [0.25, 0.3) is 22.6 Å². The quantitative estimate of drug-likeness (QED) is 0.580. The van der Waals surface area contributed by atoms with E-state index in [-0.39, 0.29) is 5.82 Å². The van der Waals surface area contributed by atoms with Gasteiger partial charge >= 0.3 is 0 Å². The first-order valence-electron chi connectivity index (χ1n) is 7.28. The van der Waals surface area contributed by atoms with Gasteiger partial charge in [0.05, 0.1) is 24.6 Å². The lowest BCUT2D eigenvalue weighted by atomic mass is 10.2. The lowest BCUT2D eigenvalue weighted by Gasteiger charge is -2.05. The number of hydrogen-bond donors (Lipinski definition) is 0. The normalized spacial score (nSPS) is 11.0. The van der Waals surface area contributed by atoms with E-state index in [0.29, 0.717) is 29.1 Å². The van der Waals surface area contributed by atoms with Crippen LogP contribution < -0.4 is 0 Å². The molecule has 0 atom stereocenters. The van der Waals surface area contributed by atoms with Crippen LogP contribution in [0.3, 0.4) is 0 Å². The Labute approximate surface area is 132 Å². The summed E-state index contributed by atoms with van der Waals surface area (Å²) in [6.07, 6.45) is 3.36. The Morgan fingerprint density at radius 2 is 1.70 bits per heavy atom. The van der Waals surface area contributed by atoms with Gasteiger partial charge in [0.15, 0.2) is 11.5 Å². The Morgan fingerprint density at radius 1 is 0.913 bits per heavy atom. The van der Waals surface area contributed by atoms with E-state index in [1.807, 2.05) is 34.9 Å². The molecule has 5 heteroatoms. The van der Waals surface area contributed by atoms with Crippen molar-refractivity contribution in [2.24, 2.45) is 0 Å². The molecule has 112 valence electrons. The molecular formula is C18H13FN4. The lowest BCUT2D eigenvalue weighted by molar-refractivity contribution is 0.630. The highest BCUT2D eigenvalue weighted by atomic mass is 19.1. The average Bonchev–Trinajstić information content (AvgIpc) is 2.98. The third kappa shape index (κ3) is 2.57. The zero-order valence-electron chi connectivity index (χ0n) is 12.2. The van der Waals surface area contributed by atoms with Gasteiger partial charge in [-0.1, -0.05) is 42.5 Å². The van der Waals surface area contributed by atoms with Crippen LogP contribution in [0.4, 0.5) is 4.39 Å². The van der Waals surface area contributed by atoms with Crippen molar-refractivity contribution < 1.29 is 4.39 Å². The molecule has 0 bridgehead atoms. The van der Waals surface area contributed by atoms with Crippen LogP contribution >= 0.6 is 0 Å². The number of benzene rings is 2. The molecule has 0 aliphatic carbocycles. The molecule has 0 spiro atoms. The molecule has 0 amide bonds. The number of hydrogen-bond acceptors (Lipinski definition) is 3. The van der Waals surface area contributed by atoms with Gasteiger partial charge in [-0.15, -0.1) is 0 Å². The second kappa shape index (κ2) is 5.61. The third-order valence-corrected chi connectivity index (χ3v) is 3.67. The summed E-state index contributed by atoms with van der Waals surface area (Å²) in [5.41, 5.74) is 2.93. The fraction of sp³-hybridized carbons (Fsp3) is 0.0556. The maximum absolute atomic E-state index is 13.9. The zero-order valence-corrected chi connectivity index (χ0v) is 12.2. The van der Waals surface area contributed by atoms with E-state index in [4.69, 9.17) is 0 Å². The SMILES string of the molecule is Fc1ccccc1-c1ncc2ncn(Cc3ccccc3)c2n1. The van der Waals surface area contributed by atoms with Crippen LogP contribution in [-0.4, -0.2) is 19.5 Å². The van der Waals surface area contributed by atoms with E-state index >= 15 is 0 Å². The van der Waals surface area contributed by atoms with Crippen LogP contribution in [-0.2, 0) is 6.54 Å². The molecule has 0 saturated heterocycles. The molecule has 0 aliphatic rings. The minimum atomic E-state index is -0.332. The molecule has 4 rings (SSSR count). The highest BCUT2D eigenvalue weighted by Crippen LogP contribution is 2.21. The Bertz CT molecular complexity index is 963. The fourth-order valence-corrected chi connectivity index (χ4v) is 2.52. The standard InChI is InChI=1S/C18H13FN4/c19-15-9-5-4-8-14(15)17-20-10-16-18(22-17)23(12-21-16)11-13-6-2-1-3-7-13/h1-10,12H,11H2. The summed E-state index contributed by atoms with van der Waals surface area (Å²) in [7, 11) is 0. The summed E-state index contributed by atoms with van der Waals surface area (Å²) in [6.45, 7) is 0.658. The van der Waals surface area contributed by atoms with Crippen molar-refractivity contribution in [3.63, 3.8) is 0 Å². The lowest BCUT2D eigenvalue weighted by Crippen LogP contribution is -2.00. The minimum Gasteiger partial charge on any atom is -0.311 e. The Morgan fingerprint density at radius 3 is 2.52 bits per heavy atom. The highest BCUT2D eigenvalue weighted by molar-refractivity contribution is 5.72. The average molecular weight is 304 g/mol. The summed E-state index contributed by atoms with van der Waals surface area (Å²) in [6, 6.07) is 16.6. The van der Waals surface area contributed by atoms with Gasteiger partial charge in [0.25, 0.3) is 0 Å². The maximum atomic E-state index is 13.9. The summed E-state index contributed by atoms with van der Waals surface area (Å²) in [5, 5.41) is 0. The van der Waals surface area contributed by atoms with Crippen molar-refractivity contribution in [1.82, 2.24) is 19.5 Å². The molecule has 0 saturated carbocycles. The first-order chi connectivity index (χ1) is 11.3. The van der Waals surface area contributed by atoms with Crippen molar-refractivity contribution in [3.8, 4) is 11.4 Å². The largest absolute Gasteiger partial charge is 0.311 e. The second-order valence-electron chi connectivity index (χ2n) is 5.24. The van der Waals surface area contributed by atoms with E-state index in [9.17, 15) is 4.39 Å². The number of imidazole rings is 1. The van der Waals surface area contributed by atoms with Crippen LogP contribution in [0.15, 0.2) is 67.1 Å². The van der Waals surface area contributed by atoms with Crippen molar-refractivity contribution in [2.75, 3.05) is 0 Å². The topological polar surface area (TPSA) is 43.6 Å². The van der Waals surface area contributed by atoms with Crippen molar-refractivity contribution >= 4 is 11.2 Å². The van der Waals surface area contributed by atoms with Crippen molar-refractivity contribution in [1.29, 1.82) is 0 Å². The molecule has 0 N–H and O–H groups in total. The second-order valence-corrected chi connectivity index (χ2v) is 5.24. The van der Waals surface area contributed by atoms with Gasteiger partial charge in [0, 0.05) is 0 Å². The molecule has 23 heavy (non-hydrogen) atoms. The van der Waals surface area contributed by atoms with E-state index in [2.05, 4.69) is 15.0 Å². The molecule has 0 aliphatic heterocycles. The number of rotatable bonds is 3. The third-order valence-electron chi connectivity index (χ3n) is 3.67. The Kier molecular flexibility index (Phi) is 3.31. The van der Waals surface area contributed by atoms with E-state index in [1.165, 1.54) is 6.07 Å². The van der Waals surface area contributed by atoms with E-state index in [1.54, 1.807) is 30.7 Å². The monoisotopic (exact) mass is 304 g/mol. The van der Waals surface area contributed by atoms with Crippen LogP contribution in [0.2, 0.25) is 0 Å². The molecule has 2 heterocycles. The summed E-state index contributed by atoms with van der Waals surface area (Å²) in [4.78, 5) is 13.1. The van der Waals surface area contributed by atoms with E-state index in [0.717, 1.165) is 5.56 Å². The van der Waals surface area contributed by atoms with Crippen molar-refractivity contribution in [2.45, 2.75) is 6.54 Å². The van der Waals surface area contributed by atoms with Gasteiger partial charge in [-0.05, 0) is 17.7 Å². The van der Waals surface area contributed by atoms with Crippen LogP contribution in [0.1, 0.15) is 5.56 Å². The smallest absolute Gasteiger partial charge is 0.164 e. The number of aromatic nitrogens is 4. The first kappa shape index (κ1) is 13.6. The minimum absolute atomic E-state index is 0.332. The van der Waals surface area contributed by atoms with Crippen LogP contribution in [0, 0.1) is 5.82 Å². The maximum Gasteiger partial charge on any atom is 0.164 e. The first-order valence-corrected chi connectivity index (χ1v) is 7.28. The molecule has 0 radical (unpaired) electrons. The summed E-state index contributed by atoms with van der Waals surface area (Å²) in [5.74, 6) is 0.0337. The predicted molar refractivity (Wildman–Crippen MR) is 86.3 cm³/mol. The number of halogens is 1. The van der Waals surface area contributed by atoms with Gasteiger partial charge in [-0.3, -0.25) is 0 Å². The van der Waals surface area contributed by atoms with Gasteiger partial charge < -0.3 is 4.57 Å². The summed E-state index contributed by atoms with van der Waals surface area (Å²) >= 11 is 0. The molecule has 4 aromatic rings. The predicted octanol–water partition coefficient (Wildman–Crippen LogP) is 3.68. The van der Waals surface area contributed by atoms with E-state index < -0.39 is 0 Å². The highest BCUT2D eigenvalue weighted by Gasteiger charge is 2.11. The molecule has 0 unspecified atom stereocenters.